The van der Waals surface area contributed by atoms with E-state index in [9.17, 15) is 9.59 Å². The summed E-state index contributed by atoms with van der Waals surface area (Å²) in [6, 6.07) is 18.2. The van der Waals surface area contributed by atoms with Crippen LogP contribution < -0.4 is 5.32 Å². The lowest BCUT2D eigenvalue weighted by Crippen LogP contribution is -2.49. The first-order valence-electron chi connectivity index (χ1n) is 11.3. The van der Waals surface area contributed by atoms with Crippen LogP contribution in [0.3, 0.4) is 0 Å². The number of hydrogen-bond acceptors (Lipinski definition) is 3. The fourth-order valence-corrected chi connectivity index (χ4v) is 4.94. The molecule has 1 unspecified atom stereocenters. The van der Waals surface area contributed by atoms with Crippen molar-refractivity contribution in [2.24, 2.45) is 0 Å². The van der Waals surface area contributed by atoms with Gasteiger partial charge in [0.1, 0.15) is 6.04 Å². The zero-order chi connectivity index (χ0) is 22.1. The van der Waals surface area contributed by atoms with E-state index in [1.54, 1.807) is 16.7 Å². The third-order valence-corrected chi connectivity index (χ3v) is 6.91. The molecule has 1 fully saturated rings. The van der Waals surface area contributed by atoms with Crippen LogP contribution in [-0.4, -0.2) is 34.6 Å². The van der Waals surface area contributed by atoms with Gasteiger partial charge in [0.05, 0.1) is 0 Å². The van der Waals surface area contributed by atoms with Crippen LogP contribution in [0.15, 0.2) is 54.6 Å². The van der Waals surface area contributed by atoms with E-state index in [4.69, 9.17) is 0 Å². The minimum Gasteiger partial charge on any atom is -0.352 e. The zero-order valence-corrected chi connectivity index (χ0v) is 19.5. The van der Waals surface area contributed by atoms with Crippen molar-refractivity contribution >= 4 is 23.6 Å². The fourth-order valence-electron chi connectivity index (χ4n) is 4.05. The molecular weight excluding hydrogens is 404 g/mol. The minimum atomic E-state index is -0.479. The van der Waals surface area contributed by atoms with Crippen molar-refractivity contribution in [3.63, 3.8) is 0 Å². The van der Waals surface area contributed by atoms with Gasteiger partial charge in [-0.05, 0) is 37.8 Å². The van der Waals surface area contributed by atoms with Gasteiger partial charge in [-0.1, -0.05) is 73.0 Å². The van der Waals surface area contributed by atoms with E-state index in [0.717, 1.165) is 35.5 Å². The molecule has 1 N–H and O–H groups in total. The highest BCUT2D eigenvalue weighted by molar-refractivity contribution is 7.98. The molecule has 1 atom stereocenters. The van der Waals surface area contributed by atoms with Crippen LogP contribution in [-0.2, 0) is 21.9 Å². The smallest absolute Gasteiger partial charge is 0.242 e. The molecule has 2 aromatic rings. The van der Waals surface area contributed by atoms with Gasteiger partial charge in [0, 0.05) is 30.5 Å². The number of thioether (sulfide) groups is 1. The molecule has 5 heteroatoms. The average Bonchev–Trinajstić information content (AvgIpc) is 3.28. The van der Waals surface area contributed by atoms with E-state index in [0.29, 0.717) is 13.0 Å². The van der Waals surface area contributed by atoms with Crippen LogP contribution in [0.5, 0.6) is 0 Å². The van der Waals surface area contributed by atoms with Crippen molar-refractivity contribution in [3.8, 4) is 0 Å². The lowest BCUT2D eigenvalue weighted by molar-refractivity contribution is -0.140. The summed E-state index contributed by atoms with van der Waals surface area (Å²) in [5, 5.41) is 3.16. The van der Waals surface area contributed by atoms with E-state index >= 15 is 0 Å². The van der Waals surface area contributed by atoms with Crippen LogP contribution in [0.2, 0.25) is 0 Å². The van der Waals surface area contributed by atoms with Gasteiger partial charge in [-0.15, -0.1) is 0 Å². The molecule has 0 saturated heterocycles. The quantitative estimate of drug-likeness (QED) is 0.526. The molecule has 1 aliphatic carbocycles. The van der Waals surface area contributed by atoms with Gasteiger partial charge in [-0.3, -0.25) is 9.59 Å². The van der Waals surface area contributed by atoms with E-state index in [2.05, 4.69) is 23.5 Å². The second-order valence-electron chi connectivity index (χ2n) is 8.46. The number of carbonyl (C=O) groups is 2. The highest BCUT2D eigenvalue weighted by Gasteiger charge is 2.28. The number of carbonyl (C=O) groups excluding carboxylic acids is 2. The topological polar surface area (TPSA) is 49.4 Å². The second-order valence-corrected chi connectivity index (χ2v) is 9.57. The van der Waals surface area contributed by atoms with Crippen molar-refractivity contribution in [1.82, 2.24) is 10.2 Å². The number of hydrogen-bond donors (Lipinski definition) is 1. The molecule has 1 aliphatic rings. The lowest BCUT2D eigenvalue weighted by atomic mass is 10.1. The van der Waals surface area contributed by atoms with E-state index < -0.39 is 6.04 Å². The predicted molar refractivity (Wildman–Crippen MR) is 129 cm³/mol. The molecule has 0 aliphatic heterocycles. The Morgan fingerprint density at radius 3 is 2.48 bits per heavy atom. The van der Waals surface area contributed by atoms with Crippen molar-refractivity contribution in [3.05, 3.63) is 71.3 Å². The van der Waals surface area contributed by atoms with Gasteiger partial charge in [0.15, 0.2) is 0 Å². The molecule has 0 heterocycles. The Morgan fingerprint density at radius 2 is 1.77 bits per heavy atom. The monoisotopic (exact) mass is 438 g/mol. The molecule has 1 saturated carbocycles. The first-order valence-corrected chi connectivity index (χ1v) is 12.5. The molecule has 2 amide bonds. The van der Waals surface area contributed by atoms with Gasteiger partial charge in [-0.25, -0.2) is 0 Å². The highest BCUT2D eigenvalue weighted by atomic mass is 32.2. The predicted octanol–water partition coefficient (Wildman–Crippen LogP) is 5.09. The largest absolute Gasteiger partial charge is 0.352 e. The normalized spacial score (nSPS) is 14.9. The Morgan fingerprint density at radius 1 is 1.06 bits per heavy atom. The van der Waals surface area contributed by atoms with Crippen LogP contribution >= 0.6 is 11.8 Å². The third-order valence-electron chi connectivity index (χ3n) is 5.88. The summed E-state index contributed by atoms with van der Waals surface area (Å²) in [7, 11) is 0. The second kappa shape index (κ2) is 11.9. The van der Waals surface area contributed by atoms with E-state index in [-0.39, 0.29) is 17.9 Å². The summed E-state index contributed by atoms with van der Waals surface area (Å²) in [4.78, 5) is 27.8. The number of amides is 2. The molecule has 166 valence electrons. The van der Waals surface area contributed by atoms with Crippen molar-refractivity contribution in [1.29, 1.82) is 0 Å². The van der Waals surface area contributed by atoms with Gasteiger partial charge in [0.25, 0.3) is 0 Å². The summed E-state index contributed by atoms with van der Waals surface area (Å²) in [5.41, 5.74) is 3.48. The Balaban J connectivity index is 1.60. The Kier molecular flexibility index (Phi) is 9.01. The van der Waals surface area contributed by atoms with Gasteiger partial charge in [-0.2, -0.15) is 11.8 Å². The van der Waals surface area contributed by atoms with Gasteiger partial charge in [0.2, 0.25) is 11.8 Å². The zero-order valence-electron chi connectivity index (χ0n) is 18.7. The summed E-state index contributed by atoms with van der Waals surface area (Å²) in [5.74, 6) is 1.64. The summed E-state index contributed by atoms with van der Waals surface area (Å²) < 4.78 is 0. The molecule has 4 nitrogen and oxygen atoms in total. The maximum Gasteiger partial charge on any atom is 0.242 e. The molecular formula is C26H34N2O2S. The Bertz CT molecular complexity index is 849. The first kappa shape index (κ1) is 23.4. The molecule has 3 rings (SSSR count). The first-order chi connectivity index (χ1) is 15.0. The van der Waals surface area contributed by atoms with Crippen LogP contribution in [0.1, 0.15) is 55.7 Å². The van der Waals surface area contributed by atoms with Crippen molar-refractivity contribution in [2.45, 2.75) is 70.3 Å². The number of nitrogens with zero attached hydrogens (tertiary/aromatic N) is 1. The average molecular weight is 439 g/mol. The molecule has 0 spiro atoms. The Labute approximate surface area is 190 Å². The third kappa shape index (κ3) is 7.42. The molecule has 0 radical (unpaired) electrons. The number of rotatable bonds is 10. The van der Waals surface area contributed by atoms with Crippen molar-refractivity contribution < 1.29 is 9.59 Å². The van der Waals surface area contributed by atoms with E-state index in [1.807, 2.05) is 50.2 Å². The molecule has 2 aromatic carbocycles. The maximum absolute atomic E-state index is 13.2. The highest BCUT2D eigenvalue weighted by Crippen LogP contribution is 2.19. The molecule has 31 heavy (non-hydrogen) atoms. The van der Waals surface area contributed by atoms with Crippen LogP contribution in [0.4, 0.5) is 0 Å². The van der Waals surface area contributed by atoms with E-state index in [1.165, 1.54) is 18.4 Å². The van der Waals surface area contributed by atoms with Crippen molar-refractivity contribution in [2.75, 3.05) is 5.75 Å². The summed E-state index contributed by atoms with van der Waals surface area (Å²) in [6.07, 6.45) is 4.86. The Hall–Kier alpha value is -2.27. The lowest BCUT2D eigenvalue weighted by Gasteiger charge is -2.30. The molecule has 0 bridgehead atoms. The SMILES string of the molecule is Cc1cccc(CN(C(=O)CCSCc2ccccc2)C(C)C(=O)NC2CCCC2)c1. The fraction of sp³-hybridized carbons (Fsp3) is 0.462. The molecule has 0 aromatic heterocycles. The minimum absolute atomic E-state index is 0.0372. The number of nitrogens with one attached hydrogen (secondary N) is 1. The standard InChI is InChI=1S/C26H34N2O2S/c1-20-9-8-12-23(17-20)18-28(21(2)26(30)27-24-13-6-7-14-24)25(29)15-16-31-19-22-10-4-3-5-11-22/h3-5,8-12,17,21,24H,6-7,13-16,18-19H2,1-2H3,(H,27,30). The summed E-state index contributed by atoms with van der Waals surface area (Å²) in [6.45, 7) is 4.37. The van der Waals surface area contributed by atoms with Gasteiger partial charge < -0.3 is 10.2 Å². The number of benzene rings is 2. The maximum atomic E-state index is 13.2. The van der Waals surface area contributed by atoms with Gasteiger partial charge >= 0.3 is 0 Å². The summed E-state index contributed by atoms with van der Waals surface area (Å²) >= 11 is 1.76. The van der Waals surface area contributed by atoms with Crippen LogP contribution in [0.25, 0.3) is 0 Å². The number of aryl methyl sites for hydroxylation is 1. The van der Waals surface area contributed by atoms with Crippen LogP contribution in [0, 0.1) is 6.92 Å².